The number of halogens is 2. The minimum absolute atomic E-state index is 0.173. The molecule has 2 nitrogen and oxygen atoms in total. The summed E-state index contributed by atoms with van der Waals surface area (Å²) in [5, 5.41) is 0.346. The van der Waals surface area contributed by atoms with Crippen LogP contribution in [-0.2, 0) is 0 Å². The Morgan fingerprint density at radius 3 is 1.28 bits per heavy atom. The van der Waals surface area contributed by atoms with Crippen LogP contribution in [0.1, 0.15) is 0 Å². The van der Waals surface area contributed by atoms with E-state index in [0.717, 1.165) is 11.4 Å². The van der Waals surface area contributed by atoms with Gasteiger partial charge in [-0.2, -0.15) is 0 Å². The highest BCUT2D eigenvalue weighted by atomic mass is 35.5. The van der Waals surface area contributed by atoms with Crippen LogP contribution in [0.5, 0.6) is 0 Å². The first kappa shape index (κ1) is 12.8. The summed E-state index contributed by atoms with van der Waals surface area (Å²) >= 11 is 12.0. The topological polar surface area (TPSA) is 24.7 Å². The monoisotopic (exact) mass is 278 g/mol. The average molecular weight is 279 g/mol. The number of nitrogens with zero attached hydrogens (tertiary/aromatic N) is 2. The van der Waals surface area contributed by atoms with Crippen molar-refractivity contribution in [3.05, 3.63) is 60.7 Å². The molecule has 0 bridgehead atoms. The third kappa shape index (κ3) is 3.69. The summed E-state index contributed by atoms with van der Waals surface area (Å²) in [4.78, 5) is 8.35. The van der Waals surface area contributed by atoms with Gasteiger partial charge in [0.05, 0.1) is 11.4 Å². The van der Waals surface area contributed by atoms with E-state index in [1.54, 1.807) is 0 Å². The fourth-order valence-corrected chi connectivity index (χ4v) is 1.60. The molecule has 0 aliphatic rings. The third-order valence-electron chi connectivity index (χ3n) is 2.14. The second-order valence-corrected chi connectivity index (χ2v) is 4.19. The lowest BCUT2D eigenvalue weighted by Crippen LogP contribution is -1.97. The van der Waals surface area contributed by atoms with E-state index in [1.807, 2.05) is 60.7 Å². The first-order valence-corrected chi connectivity index (χ1v) is 6.10. The maximum atomic E-state index is 6.00. The maximum absolute atomic E-state index is 6.00. The van der Waals surface area contributed by atoms with Crippen molar-refractivity contribution in [3.8, 4) is 0 Å². The van der Waals surface area contributed by atoms with Gasteiger partial charge in [-0.1, -0.05) is 59.6 Å². The van der Waals surface area contributed by atoms with Crippen molar-refractivity contribution < 1.29 is 0 Å². The molecular formula is C14H10Cl2N2. The molecule has 0 amide bonds. The van der Waals surface area contributed by atoms with Crippen LogP contribution in [-0.4, -0.2) is 10.3 Å². The zero-order valence-corrected chi connectivity index (χ0v) is 10.9. The Balaban J connectivity index is 2.21. The maximum Gasteiger partial charge on any atom is 0.166 e. The molecule has 0 radical (unpaired) electrons. The SMILES string of the molecule is ClC(=[15N]c1ccccc1)C(Cl)=[15N]c1ccccc1. The molecule has 0 atom stereocenters. The van der Waals surface area contributed by atoms with E-state index >= 15 is 0 Å². The van der Waals surface area contributed by atoms with Gasteiger partial charge >= 0.3 is 0 Å². The Morgan fingerprint density at radius 1 is 0.611 bits per heavy atom. The first-order valence-electron chi connectivity index (χ1n) is 5.34. The molecule has 0 saturated carbocycles. The summed E-state index contributed by atoms with van der Waals surface area (Å²) < 4.78 is 0. The largest absolute Gasteiger partial charge is 0.233 e. The molecular weight excluding hydrogens is 269 g/mol. The van der Waals surface area contributed by atoms with Crippen LogP contribution in [0.25, 0.3) is 0 Å². The number of hydrogen-bond donors (Lipinski definition) is 0. The first-order chi connectivity index (χ1) is 8.75. The second-order valence-electron chi connectivity index (χ2n) is 3.48. The van der Waals surface area contributed by atoms with Crippen molar-refractivity contribution in [3.63, 3.8) is 0 Å². The van der Waals surface area contributed by atoms with Gasteiger partial charge in [0, 0.05) is 0 Å². The van der Waals surface area contributed by atoms with Crippen molar-refractivity contribution in [2.24, 2.45) is 9.98 Å². The van der Waals surface area contributed by atoms with Gasteiger partial charge in [-0.05, 0) is 24.3 Å². The Morgan fingerprint density at radius 2 is 0.944 bits per heavy atom. The van der Waals surface area contributed by atoms with E-state index in [1.165, 1.54) is 0 Å². The summed E-state index contributed by atoms with van der Waals surface area (Å²) in [5.41, 5.74) is 1.48. The number of benzene rings is 2. The highest BCUT2D eigenvalue weighted by molar-refractivity contribution is 7.00. The van der Waals surface area contributed by atoms with Crippen LogP contribution in [0.2, 0.25) is 0 Å². The van der Waals surface area contributed by atoms with E-state index in [0.29, 0.717) is 0 Å². The summed E-state index contributed by atoms with van der Waals surface area (Å²) in [6, 6.07) is 18.7. The molecule has 0 saturated heterocycles. The van der Waals surface area contributed by atoms with Crippen molar-refractivity contribution in [1.29, 1.82) is 0 Å². The number of para-hydroxylation sites is 2. The van der Waals surface area contributed by atoms with Crippen molar-refractivity contribution in [2.75, 3.05) is 0 Å². The summed E-state index contributed by atoms with van der Waals surface area (Å²) in [7, 11) is 0. The number of rotatable bonds is 3. The minimum atomic E-state index is 0.173. The third-order valence-corrected chi connectivity index (χ3v) is 2.76. The van der Waals surface area contributed by atoms with Crippen LogP contribution in [0.4, 0.5) is 11.4 Å². The predicted molar refractivity (Wildman–Crippen MR) is 78.8 cm³/mol. The summed E-state index contributed by atoms with van der Waals surface area (Å²) in [6.07, 6.45) is 0. The fourth-order valence-electron chi connectivity index (χ4n) is 1.32. The molecule has 0 aliphatic heterocycles. The molecule has 2 aromatic rings. The lowest BCUT2D eigenvalue weighted by Gasteiger charge is -1.97. The van der Waals surface area contributed by atoms with Gasteiger partial charge < -0.3 is 0 Å². The van der Waals surface area contributed by atoms with Gasteiger partial charge in [0.2, 0.25) is 0 Å². The standard InChI is InChI=1S/C14H10Cl2N2/c15-13(17-11-7-3-1-4-8-11)14(16)18-12-9-5-2-6-10-12/h1-10H/i17+1,18+1. The van der Waals surface area contributed by atoms with Gasteiger partial charge in [0.15, 0.2) is 10.3 Å². The molecule has 0 aliphatic carbocycles. The van der Waals surface area contributed by atoms with Crippen molar-refractivity contribution >= 4 is 44.9 Å². The van der Waals surface area contributed by atoms with Gasteiger partial charge in [-0.3, -0.25) is 0 Å². The van der Waals surface area contributed by atoms with Gasteiger partial charge in [0.1, 0.15) is 0 Å². The molecule has 0 aromatic heterocycles. The van der Waals surface area contributed by atoms with Crippen LogP contribution in [0.3, 0.4) is 0 Å². The minimum Gasteiger partial charge on any atom is -0.233 e. The van der Waals surface area contributed by atoms with E-state index in [2.05, 4.69) is 9.98 Å². The Bertz CT molecular complexity index is 509. The highest BCUT2D eigenvalue weighted by Crippen LogP contribution is 2.16. The molecule has 2 rings (SSSR count). The van der Waals surface area contributed by atoms with Crippen LogP contribution in [0.15, 0.2) is 70.6 Å². The summed E-state index contributed by atoms with van der Waals surface area (Å²) in [6.45, 7) is 0. The quantitative estimate of drug-likeness (QED) is 0.562. The molecule has 4 heteroatoms. The van der Waals surface area contributed by atoms with Crippen LogP contribution < -0.4 is 0 Å². The molecule has 0 unspecified atom stereocenters. The molecule has 18 heavy (non-hydrogen) atoms. The molecule has 0 spiro atoms. The Labute approximate surface area is 116 Å². The zero-order chi connectivity index (χ0) is 12.8. The Hall–Kier alpha value is -1.64. The van der Waals surface area contributed by atoms with Crippen LogP contribution in [0, 0.1) is 0 Å². The fraction of sp³-hybridized carbons (Fsp3) is 0. The van der Waals surface area contributed by atoms with E-state index in [-0.39, 0.29) is 10.3 Å². The molecule has 0 fully saturated rings. The average Bonchev–Trinajstić information content (AvgIpc) is 2.41. The smallest absolute Gasteiger partial charge is 0.166 e. The Kier molecular flexibility index (Phi) is 4.51. The molecule has 2 aromatic carbocycles. The lowest BCUT2D eigenvalue weighted by molar-refractivity contribution is 1.52. The molecule has 0 heterocycles. The lowest BCUT2D eigenvalue weighted by atomic mass is 10.3. The summed E-state index contributed by atoms with van der Waals surface area (Å²) in [5.74, 6) is 0. The van der Waals surface area contributed by atoms with E-state index < -0.39 is 0 Å². The van der Waals surface area contributed by atoms with Crippen molar-refractivity contribution in [2.45, 2.75) is 0 Å². The van der Waals surface area contributed by atoms with Gasteiger partial charge in [-0.15, -0.1) is 0 Å². The normalized spacial score (nSPS) is 12.6. The second kappa shape index (κ2) is 6.34. The number of hydrogen-bond acceptors (Lipinski definition) is 2. The molecule has 90 valence electrons. The predicted octanol–water partition coefficient (Wildman–Crippen LogP) is 4.92. The van der Waals surface area contributed by atoms with E-state index in [4.69, 9.17) is 23.2 Å². The van der Waals surface area contributed by atoms with Gasteiger partial charge in [-0.25, -0.2) is 9.98 Å². The van der Waals surface area contributed by atoms with Crippen molar-refractivity contribution in [1.82, 2.24) is 0 Å². The molecule has 0 N–H and O–H groups in total. The van der Waals surface area contributed by atoms with Gasteiger partial charge in [0.25, 0.3) is 0 Å². The van der Waals surface area contributed by atoms with Crippen LogP contribution >= 0.6 is 23.2 Å². The zero-order valence-electron chi connectivity index (χ0n) is 9.42. The number of aliphatic imine (C=N–C) groups is 2. The highest BCUT2D eigenvalue weighted by Gasteiger charge is 2.03. The van der Waals surface area contributed by atoms with E-state index in [9.17, 15) is 0 Å².